The van der Waals surface area contributed by atoms with Gasteiger partial charge < -0.3 is 0 Å². The molecule has 0 amide bonds. The van der Waals surface area contributed by atoms with E-state index in [2.05, 4.69) is 0 Å². The summed E-state index contributed by atoms with van der Waals surface area (Å²) < 4.78 is 37.4. The monoisotopic (exact) mass is 276 g/mol. The van der Waals surface area contributed by atoms with Crippen molar-refractivity contribution in [2.24, 2.45) is 5.92 Å². The van der Waals surface area contributed by atoms with E-state index in [0.29, 0.717) is 0 Å². The van der Waals surface area contributed by atoms with Crippen molar-refractivity contribution in [3.63, 3.8) is 0 Å². The molecule has 0 aromatic carbocycles. The molecule has 1 atom stereocenters. The van der Waals surface area contributed by atoms with E-state index >= 15 is 0 Å². The van der Waals surface area contributed by atoms with Crippen LogP contribution >= 0.6 is 21.6 Å². The Hall–Kier alpha value is 0.490. The fraction of sp³-hybridized carbons (Fsp3) is 1.00. The summed E-state index contributed by atoms with van der Waals surface area (Å²) in [6.45, 7) is 13.0. The Bertz CT molecular complexity index is 171. The molecular formula is C11H23F3S2. The summed E-state index contributed by atoms with van der Waals surface area (Å²) in [5.74, 6) is -0.380. The minimum atomic E-state index is -4.10. The van der Waals surface area contributed by atoms with Gasteiger partial charge >= 0.3 is 6.18 Å². The number of halogens is 3. The first kappa shape index (κ1) is 18.8. The van der Waals surface area contributed by atoms with Crippen molar-refractivity contribution in [2.75, 3.05) is 0 Å². The summed E-state index contributed by atoms with van der Waals surface area (Å²) in [5, 5.41) is -1.27. The molecule has 16 heavy (non-hydrogen) atoms. The second-order valence-electron chi connectivity index (χ2n) is 4.50. The molecule has 0 aliphatic carbocycles. The van der Waals surface area contributed by atoms with Gasteiger partial charge in [-0.3, -0.25) is 0 Å². The van der Waals surface area contributed by atoms with E-state index in [1.807, 2.05) is 34.6 Å². The maximum absolute atomic E-state index is 12.5. The zero-order valence-electron chi connectivity index (χ0n) is 11.1. The van der Waals surface area contributed by atoms with Crippen molar-refractivity contribution in [2.45, 2.75) is 64.6 Å². The Kier molecular flexibility index (Phi) is 9.12. The summed E-state index contributed by atoms with van der Waals surface area (Å²) in [4.78, 5) is 0. The smallest absolute Gasteiger partial charge is 0.170 e. The maximum Gasteiger partial charge on any atom is 0.401 e. The largest absolute Gasteiger partial charge is 0.401 e. The van der Waals surface area contributed by atoms with Crippen LogP contribution in [0.3, 0.4) is 0 Å². The van der Waals surface area contributed by atoms with Gasteiger partial charge in [-0.25, -0.2) is 0 Å². The molecular weight excluding hydrogens is 253 g/mol. The van der Waals surface area contributed by atoms with Crippen LogP contribution in [0, 0.1) is 5.92 Å². The van der Waals surface area contributed by atoms with Gasteiger partial charge in [0, 0.05) is 4.75 Å². The fourth-order valence-corrected chi connectivity index (χ4v) is 3.63. The molecule has 0 fully saturated rings. The molecule has 0 saturated heterocycles. The predicted molar refractivity (Wildman–Crippen MR) is 71.0 cm³/mol. The molecule has 0 aromatic rings. The SMILES string of the molecule is CC.CC(C)C(SSC(C)(C)C)C(F)(F)F. The Balaban J connectivity index is 0. The van der Waals surface area contributed by atoms with E-state index in [0.717, 1.165) is 10.8 Å². The summed E-state index contributed by atoms with van der Waals surface area (Å²) in [6, 6.07) is 0. The topological polar surface area (TPSA) is 0 Å². The van der Waals surface area contributed by atoms with Crippen LogP contribution in [-0.4, -0.2) is 16.2 Å². The molecule has 0 radical (unpaired) electrons. The molecule has 100 valence electrons. The Morgan fingerprint density at radius 2 is 1.31 bits per heavy atom. The van der Waals surface area contributed by atoms with E-state index in [4.69, 9.17) is 0 Å². The van der Waals surface area contributed by atoms with Crippen LogP contribution in [0.15, 0.2) is 0 Å². The number of hydrogen-bond donors (Lipinski definition) is 0. The maximum atomic E-state index is 12.5. The predicted octanol–water partition coefficient (Wildman–Crippen LogP) is 5.78. The van der Waals surface area contributed by atoms with Gasteiger partial charge in [0.05, 0.1) is 0 Å². The highest BCUT2D eigenvalue weighted by atomic mass is 33.1. The van der Waals surface area contributed by atoms with E-state index in [1.54, 1.807) is 13.8 Å². The van der Waals surface area contributed by atoms with Crippen molar-refractivity contribution < 1.29 is 13.2 Å². The van der Waals surface area contributed by atoms with Crippen LogP contribution in [0.4, 0.5) is 13.2 Å². The van der Waals surface area contributed by atoms with Crippen LogP contribution in [0.25, 0.3) is 0 Å². The molecule has 0 bridgehead atoms. The molecule has 0 nitrogen and oxygen atoms in total. The third kappa shape index (κ3) is 9.70. The van der Waals surface area contributed by atoms with Crippen LogP contribution in [0.2, 0.25) is 0 Å². The van der Waals surface area contributed by atoms with Crippen molar-refractivity contribution >= 4 is 21.6 Å². The van der Waals surface area contributed by atoms with Gasteiger partial charge in [0.2, 0.25) is 0 Å². The first-order valence-corrected chi connectivity index (χ1v) is 7.66. The van der Waals surface area contributed by atoms with Gasteiger partial charge in [-0.15, -0.1) is 0 Å². The normalized spacial score (nSPS) is 14.4. The Morgan fingerprint density at radius 1 is 0.938 bits per heavy atom. The van der Waals surface area contributed by atoms with Gasteiger partial charge in [0.25, 0.3) is 0 Å². The lowest BCUT2D eigenvalue weighted by Gasteiger charge is -2.26. The minimum absolute atomic E-state index is 0.136. The van der Waals surface area contributed by atoms with Crippen molar-refractivity contribution in [3.8, 4) is 0 Å². The molecule has 0 saturated carbocycles. The first-order chi connectivity index (χ1) is 7.04. The standard InChI is InChI=1S/C9H17F3S2.C2H6/c1-6(2)7(9(10,11)12)13-14-8(3,4)5;1-2/h6-7H,1-5H3;1-2H3. The highest BCUT2D eigenvalue weighted by Crippen LogP contribution is 2.46. The number of alkyl halides is 3. The van der Waals surface area contributed by atoms with Gasteiger partial charge in [-0.05, 0) is 5.92 Å². The molecule has 0 rings (SSSR count). The molecule has 0 spiro atoms. The van der Waals surface area contributed by atoms with E-state index in [9.17, 15) is 13.2 Å². The van der Waals surface area contributed by atoms with Gasteiger partial charge in [-0.1, -0.05) is 70.1 Å². The van der Waals surface area contributed by atoms with E-state index < -0.39 is 11.4 Å². The average molecular weight is 276 g/mol. The van der Waals surface area contributed by atoms with Gasteiger partial charge in [0.1, 0.15) is 5.25 Å². The minimum Gasteiger partial charge on any atom is -0.170 e. The molecule has 0 aliphatic rings. The summed E-state index contributed by atoms with van der Waals surface area (Å²) in [5.41, 5.74) is 0. The number of rotatable bonds is 3. The van der Waals surface area contributed by atoms with Crippen LogP contribution in [0.1, 0.15) is 48.5 Å². The van der Waals surface area contributed by atoms with Crippen LogP contribution in [0.5, 0.6) is 0 Å². The van der Waals surface area contributed by atoms with Crippen molar-refractivity contribution in [3.05, 3.63) is 0 Å². The fourth-order valence-electron chi connectivity index (χ4n) is 0.740. The van der Waals surface area contributed by atoms with E-state index in [1.165, 1.54) is 10.8 Å². The third-order valence-corrected chi connectivity index (χ3v) is 5.36. The summed E-state index contributed by atoms with van der Waals surface area (Å²) >= 11 is 0. The molecule has 1 unspecified atom stereocenters. The Morgan fingerprint density at radius 3 is 1.50 bits per heavy atom. The zero-order valence-corrected chi connectivity index (χ0v) is 12.7. The summed E-state index contributed by atoms with van der Waals surface area (Å²) in [7, 11) is 2.23. The summed E-state index contributed by atoms with van der Waals surface area (Å²) in [6.07, 6.45) is -4.10. The molecule has 0 N–H and O–H groups in total. The third-order valence-electron chi connectivity index (χ3n) is 1.33. The highest BCUT2D eigenvalue weighted by molar-refractivity contribution is 8.77. The Labute approximate surface area is 106 Å². The quantitative estimate of drug-likeness (QED) is 0.599. The second-order valence-corrected chi connectivity index (χ2v) is 7.67. The van der Waals surface area contributed by atoms with E-state index in [-0.39, 0.29) is 10.7 Å². The lowest BCUT2D eigenvalue weighted by atomic mass is 10.1. The molecule has 0 aromatic heterocycles. The van der Waals surface area contributed by atoms with Crippen LogP contribution < -0.4 is 0 Å². The van der Waals surface area contributed by atoms with Gasteiger partial charge in [-0.2, -0.15) is 13.2 Å². The zero-order chi connectivity index (χ0) is 13.6. The second kappa shape index (κ2) is 7.75. The lowest BCUT2D eigenvalue weighted by molar-refractivity contribution is -0.135. The molecule has 5 heteroatoms. The van der Waals surface area contributed by atoms with Gasteiger partial charge in [0.15, 0.2) is 0 Å². The lowest BCUT2D eigenvalue weighted by Crippen LogP contribution is -2.30. The average Bonchev–Trinajstić information content (AvgIpc) is 2.02. The number of hydrogen-bond acceptors (Lipinski definition) is 2. The van der Waals surface area contributed by atoms with Crippen molar-refractivity contribution in [1.82, 2.24) is 0 Å². The van der Waals surface area contributed by atoms with Crippen LogP contribution in [-0.2, 0) is 0 Å². The first-order valence-electron chi connectivity index (χ1n) is 5.45. The molecule has 0 heterocycles. The van der Waals surface area contributed by atoms with Crippen molar-refractivity contribution in [1.29, 1.82) is 0 Å². The molecule has 0 aliphatic heterocycles. The highest BCUT2D eigenvalue weighted by Gasteiger charge is 2.42.